The Morgan fingerprint density at radius 1 is 1.15 bits per heavy atom. The van der Waals surface area contributed by atoms with Gasteiger partial charge < -0.3 is 19.5 Å². The van der Waals surface area contributed by atoms with Crippen LogP contribution in [0.15, 0.2) is 52.9 Å². The van der Waals surface area contributed by atoms with Gasteiger partial charge in [0.05, 0.1) is 18.0 Å². The van der Waals surface area contributed by atoms with E-state index < -0.39 is 0 Å². The summed E-state index contributed by atoms with van der Waals surface area (Å²) in [6, 6.07) is 12.7. The second-order valence-corrected chi connectivity index (χ2v) is 8.77. The standard InChI is InChI=1S/C22H20N4O5S2/c1-2-29-16-6-4-3-5-15(16)23-20(28)12-32-22-26-25-21(33-22)24-19(27)10-8-14-7-9-17-18(11-14)31-13-30-17/h3-11H,2,12-13H2,1H3,(H,23,28)(H,24,25,27)/b10-8+. The second-order valence-electron chi connectivity index (χ2n) is 6.57. The van der Waals surface area contributed by atoms with E-state index in [1.54, 1.807) is 30.3 Å². The highest BCUT2D eigenvalue weighted by Gasteiger charge is 2.13. The molecule has 33 heavy (non-hydrogen) atoms. The van der Waals surface area contributed by atoms with Crippen molar-refractivity contribution in [2.45, 2.75) is 11.3 Å². The van der Waals surface area contributed by atoms with Crippen LogP contribution < -0.4 is 24.8 Å². The molecule has 9 nitrogen and oxygen atoms in total. The first-order valence-corrected chi connectivity index (χ1v) is 11.8. The van der Waals surface area contributed by atoms with E-state index in [0.29, 0.717) is 39.0 Å². The predicted octanol–water partition coefficient (Wildman–Crippen LogP) is 4.05. The molecule has 3 aromatic rings. The molecule has 2 aromatic carbocycles. The zero-order chi connectivity index (χ0) is 23.0. The number of rotatable bonds is 9. The molecule has 0 atom stereocenters. The molecule has 2 heterocycles. The van der Waals surface area contributed by atoms with Crippen molar-refractivity contribution in [3.05, 3.63) is 54.1 Å². The fourth-order valence-corrected chi connectivity index (χ4v) is 4.37. The summed E-state index contributed by atoms with van der Waals surface area (Å²) in [5.74, 6) is 1.56. The van der Waals surface area contributed by atoms with Crippen LogP contribution in [-0.4, -0.2) is 41.2 Å². The van der Waals surface area contributed by atoms with Crippen LogP contribution in [0.3, 0.4) is 0 Å². The lowest BCUT2D eigenvalue weighted by Crippen LogP contribution is -2.14. The Kier molecular flexibility index (Phi) is 7.43. The maximum atomic E-state index is 12.3. The Morgan fingerprint density at radius 2 is 2.00 bits per heavy atom. The zero-order valence-electron chi connectivity index (χ0n) is 17.6. The van der Waals surface area contributed by atoms with Crippen LogP contribution in [0.5, 0.6) is 17.2 Å². The highest BCUT2D eigenvalue weighted by atomic mass is 32.2. The number of hydrogen-bond donors (Lipinski definition) is 2. The summed E-state index contributed by atoms with van der Waals surface area (Å²) in [5, 5.41) is 13.8. The van der Waals surface area contributed by atoms with Crippen molar-refractivity contribution in [2.75, 3.05) is 29.8 Å². The Bertz CT molecular complexity index is 1180. The second kappa shape index (κ2) is 10.8. The van der Waals surface area contributed by atoms with E-state index in [0.717, 1.165) is 5.56 Å². The summed E-state index contributed by atoms with van der Waals surface area (Å²) in [5.41, 5.74) is 1.42. The quantitative estimate of drug-likeness (QED) is 0.266. The minimum Gasteiger partial charge on any atom is -0.492 e. The molecular formula is C22H20N4O5S2. The maximum absolute atomic E-state index is 12.3. The van der Waals surface area contributed by atoms with Crippen LogP contribution in [-0.2, 0) is 9.59 Å². The highest BCUT2D eigenvalue weighted by molar-refractivity contribution is 8.01. The van der Waals surface area contributed by atoms with Crippen molar-refractivity contribution in [2.24, 2.45) is 0 Å². The number of anilines is 2. The van der Waals surface area contributed by atoms with Gasteiger partial charge in [0.1, 0.15) is 5.75 Å². The Morgan fingerprint density at radius 3 is 2.88 bits per heavy atom. The number of fused-ring (bicyclic) bond motifs is 1. The molecule has 1 aliphatic heterocycles. The van der Waals surface area contributed by atoms with Crippen molar-refractivity contribution in [3.8, 4) is 17.2 Å². The van der Waals surface area contributed by atoms with Gasteiger partial charge >= 0.3 is 0 Å². The highest BCUT2D eigenvalue weighted by Crippen LogP contribution is 2.33. The molecule has 2 amide bonds. The van der Waals surface area contributed by atoms with Gasteiger partial charge in [-0.3, -0.25) is 14.9 Å². The largest absolute Gasteiger partial charge is 0.492 e. The molecular weight excluding hydrogens is 464 g/mol. The van der Waals surface area contributed by atoms with Gasteiger partial charge in [0.2, 0.25) is 23.7 Å². The number of benzene rings is 2. The number of para-hydroxylation sites is 2. The summed E-state index contributed by atoms with van der Waals surface area (Å²) >= 11 is 2.43. The molecule has 0 bridgehead atoms. The number of hydrogen-bond acceptors (Lipinski definition) is 9. The summed E-state index contributed by atoms with van der Waals surface area (Å²) in [6.45, 7) is 2.59. The van der Waals surface area contributed by atoms with Crippen LogP contribution in [0, 0.1) is 0 Å². The topological polar surface area (TPSA) is 112 Å². The predicted molar refractivity (Wildman–Crippen MR) is 127 cm³/mol. The lowest BCUT2D eigenvalue weighted by atomic mass is 10.2. The molecule has 0 spiro atoms. The average Bonchev–Trinajstić information content (AvgIpc) is 3.46. The molecule has 0 radical (unpaired) electrons. The van der Waals surface area contributed by atoms with Crippen LogP contribution in [0.4, 0.5) is 10.8 Å². The Labute approximate surface area is 198 Å². The Balaban J connectivity index is 1.26. The fourth-order valence-electron chi connectivity index (χ4n) is 2.82. The van der Waals surface area contributed by atoms with Gasteiger partial charge in [-0.25, -0.2) is 0 Å². The first-order chi connectivity index (χ1) is 16.1. The van der Waals surface area contributed by atoms with E-state index in [1.807, 2.05) is 25.1 Å². The third-order valence-electron chi connectivity index (χ3n) is 4.25. The number of thioether (sulfide) groups is 1. The number of aromatic nitrogens is 2. The first kappa shape index (κ1) is 22.6. The van der Waals surface area contributed by atoms with Gasteiger partial charge in [-0.05, 0) is 42.8 Å². The van der Waals surface area contributed by atoms with E-state index in [-0.39, 0.29) is 24.4 Å². The van der Waals surface area contributed by atoms with Crippen LogP contribution >= 0.6 is 23.1 Å². The Hall–Kier alpha value is -3.57. The number of nitrogens with one attached hydrogen (secondary N) is 2. The molecule has 0 saturated heterocycles. The van der Waals surface area contributed by atoms with E-state index in [1.165, 1.54) is 29.2 Å². The monoisotopic (exact) mass is 484 g/mol. The number of nitrogens with zero attached hydrogens (tertiary/aromatic N) is 2. The lowest BCUT2D eigenvalue weighted by Gasteiger charge is -2.10. The van der Waals surface area contributed by atoms with Gasteiger partial charge in [-0.1, -0.05) is 41.3 Å². The molecule has 1 aromatic heterocycles. The third kappa shape index (κ3) is 6.24. The molecule has 4 rings (SSSR count). The number of amides is 2. The summed E-state index contributed by atoms with van der Waals surface area (Å²) in [7, 11) is 0. The molecule has 11 heteroatoms. The smallest absolute Gasteiger partial charge is 0.250 e. The van der Waals surface area contributed by atoms with Gasteiger partial charge in [-0.2, -0.15) is 0 Å². The van der Waals surface area contributed by atoms with Gasteiger partial charge in [0, 0.05) is 6.08 Å². The van der Waals surface area contributed by atoms with Crippen molar-refractivity contribution in [1.82, 2.24) is 10.2 Å². The summed E-state index contributed by atoms with van der Waals surface area (Å²) in [4.78, 5) is 24.5. The first-order valence-electron chi connectivity index (χ1n) is 9.97. The summed E-state index contributed by atoms with van der Waals surface area (Å²) in [6.07, 6.45) is 3.06. The average molecular weight is 485 g/mol. The number of carbonyl (C=O) groups is 2. The van der Waals surface area contributed by atoms with Crippen molar-refractivity contribution >= 4 is 51.8 Å². The lowest BCUT2D eigenvalue weighted by molar-refractivity contribution is -0.114. The molecule has 2 N–H and O–H groups in total. The fraction of sp³-hybridized carbons (Fsp3) is 0.182. The minimum atomic E-state index is -0.342. The maximum Gasteiger partial charge on any atom is 0.250 e. The van der Waals surface area contributed by atoms with Gasteiger partial charge in [0.25, 0.3) is 0 Å². The molecule has 0 aliphatic carbocycles. The normalized spacial score (nSPS) is 12.0. The van der Waals surface area contributed by atoms with E-state index >= 15 is 0 Å². The van der Waals surface area contributed by atoms with Crippen LogP contribution in [0.2, 0.25) is 0 Å². The van der Waals surface area contributed by atoms with Gasteiger partial charge in [0.15, 0.2) is 15.8 Å². The zero-order valence-corrected chi connectivity index (χ0v) is 19.2. The molecule has 170 valence electrons. The minimum absolute atomic E-state index is 0.146. The van der Waals surface area contributed by atoms with Crippen LogP contribution in [0.1, 0.15) is 12.5 Å². The SMILES string of the molecule is CCOc1ccccc1NC(=O)CSc1nnc(NC(=O)/C=C/c2ccc3c(c2)OCO3)s1. The summed E-state index contributed by atoms with van der Waals surface area (Å²) < 4.78 is 16.7. The van der Waals surface area contributed by atoms with E-state index in [9.17, 15) is 9.59 Å². The van der Waals surface area contributed by atoms with E-state index in [2.05, 4.69) is 20.8 Å². The molecule has 1 aliphatic rings. The van der Waals surface area contributed by atoms with E-state index in [4.69, 9.17) is 14.2 Å². The number of ether oxygens (including phenoxy) is 3. The van der Waals surface area contributed by atoms with Gasteiger partial charge in [-0.15, -0.1) is 10.2 Å². The third-order valence-corrected chi connectivity index (χ3v) is 6.22. The molecule has 0 unspecified atom stereocenters. The number of carbonyl (C=O) groups excluding carboxylic acids is 2. The van der Waals surface area contributed by atoms with Crippen molar-refractivity contribution < 1.29 is 23.8 Å². The van der Waals surface area contributed by atoms with Crippen molar-refractivity contribution in [1.29, 1.82) is 0 Å². The van der Waals surface area contributed by atoms with Crippen molar-refractivity contribution in [3.63, 3.8) is 0 Å². The molecule has 0 saturated carbocycles. The molecule has 0 fully saturated rings. The van der Waals surface area contributed by atoms with Crippen LogP contribution in [0.25, 0.3) is 6.08 Å².